The van der Waals surface area contributed by atoms with Crippen molar-refractivity contribution in [2.45, 2.75) is 31.7 Å². The Bertz CT molecular complexity index is 438. The number of carboxylic acids is 1. The monoisotopic (exact) mass is 254 g/mol. The van der Waals surface area contributed by atoms with Gasteiger partial charge in [0.15, 0.2) is 0 Å². The summed E-state index contributed by atoms with van der Waals surface area (Å²) in [6.45, 7) is 2.45. The van der Waals surface area contributed by atoms with Gasteiger partial charge in [0.05, 0.1) is 16.9 Å². The standard InChI is InChI=1S/C12H15ClN2O2/c1-12(11(16)17)5-2-3-7-15(12)10-8-14-6-4-9(10)13/h4,6,8H,2-3,5,7H2,1H3,(H,16,17). The van der Waals surface area contributed by atoms with Crippen LogP contribution in [0.4, 0.5) is 5.69 Å². The molecule has 17 heavy (non-hydrogen) atoms. The van der Waals surface area contributed by atoms with Gasteiger partial charge in [0.25, 0.3) is 0 Å². The fourth-order valence-corrected chi connectivity index (χ4v) is 2.50. The van der Waals surface area contributed by atoms with Crippen molar-refractivity contribution in [3.05, 3.63) is 23.5 Å². The van der Waals surface area contributed by atoms with Crippen LogP contribution >= 0.6 is 11.6 Å². The third-order valence-corrected chi connectivity index (χ3v) is 3.71. The van der Waals surface area contributed by atoms with Crippen LogP contribution in [0, 0.1) is 0 Å². The van der Waals surface area contributed by atoms with E-state index >= 15 is 0 Å². The van der Waals surface area contributed by atoms with E-state index in [1.807, 2.05) is 4.90 Å². The second-order valence-corrected chi connectivity index (χ2v) is 4.92. The van der Waals surface area contributed by atoms with Crippen molar-refractivity contribution in [3.8, 4) is 0 Å². The Kier molecular flexibility index (Phi) is 3.24. The van der Waals surface area contributed by atoms with Crippen LogP contribution in [0.2, 0.25) is 5.02 Å². The molecule has 1 aliphatic heterocycles. The van der Waals surface area contributed by atoms with Gasteiger partial charge in [-0.15, -0.1) is 0 Å². The summed E-state index contributed by atoms with van der Waals surface area (Å²) in [5.74, 6) is -0.808. The van der Waals surface area contributed by atoms with Gasteiger partial charge >= 0.3 is 5.97 Å². The highest BCUT2D eigenvalue weighted by molar-refractivity contribution is 6.33. The van der Waals surface area contributed by atoms with Gasteiger partial charge in [-0.25, -0.2) is 4.79 Å². The van der Waals surface area contributed by atoms with Crippen LogP contribution in [0.15, 0.2) is 18.5 Å². The molecule has 1 fully saturated rings. The molecule has 0 radical (unpaired) electrons. The summed E-state index contributed by atoms with van der Waals surface area (Å²) in [7, 11) is 0. The Morgan fingerprint density at radius 1 is 1.59 bits per heavy atom. The van der Waals surface area contributed by atoms with Crippen molar-refractivity contribution in [1.82, 2.24) is 4.98 Å². The molecular weight excluding hydrogens is 240 g/mol. The number of halogens is 1. The first kappa shape index (κ1) is 12.2. The zero-order valence-corrected chi connectivity index (χ0v) is 10.4. The van der Waals surface area contributed by atoms with E-state index in [9.17, 15) is 9.90 Å². The van der Waals surface area contributed by atoms with E-state index in [1.165, 1.54) is 0 Å². The second kappa shape index (κ2) is 4.53. The average Bonchev–Trinajstić information content (AvgIpc) is 2.31. The molecule has 1 saturated heterocycles. The molecule has 0 aliphatic carbocycles. The molecule has 2 rings (SSSR count). The summed E-state index contributed by atoms with van der Waals surface area (Å²) in [6, 6.07) is 1.69. The SMILES string of the molecule is CC1(C(=O)O)CCCCN1c1cnccc1Cl. The van der Waals surface area contributed by atoms with Crippen LogP contribution in [-0.4, -0.2) is 28.1 Å². The first-order valence-electron chi connectivity index (χ1n) is 5.66. The summed E-state index contributed by atoms with van der Waals surface area (Å²) < 4.78 is 0. The number of aromatic nitrogens is 1. The maximum absolute atomic E-state index is 11.5. The van der Waals surface area contributed by atoms with E-state index in [1.54, 1.807) is 25.4 Å². The van der Waals surface area contributed by atoms with Gasteiger partial charge in [0.1, 0.15) is 5.54 Å². The minimum absolute atomic E-state index is 0.550. The van der Waals surface area contributed by atoms with Gasteiger partial charge in [-0.3, -0.25) is 4.98 Å². The molecule has 5 heteroatoms. The van der Waals surface area contributed by atoms with Crippen molar-refractivity contribution in [3.63, 3.8) is 0 Å². The number of carboxylic acid groups (broad SMARTS) is 1. The van der Waals surface area contributed by atoms with E-state index in [4.69, 9.17) is 11.6 Å². The zero-order valence-electron chi connectivity index (χ0n) is 9.69. The molecule has 1 aliphatic rings. The summed E-state index contributed by atoms with van der Waals surface area (Å²) in [5.41, 5.74) is -0.177. The van der Waals surface area contributed by atoms with Gasteiger partial charge in [0.2, 0.25) is 0 Å². The Morgan fingerprint density at radius 3 is 3.00 bits per heavy atom. The third kappa shape index (κ3) is 2.09. The highest BCUT2D eigenvalue weighted by Gasteiger charge is 2.42. The van der Waals surface area contributed by atoms with Crippen LogP contribution in [0.3, 0.4) is 0 Å². The predicted molar refractivity (Wildman–Crippen MR) is 66.5 cm³/mol. The van der Waals surface area contributed by atoms with Crippen molar-refractivity contribution < 1.29 is 9.90 Å². The van der Waals surface area contributed by atoms with E-state index in [-0.39, 0.29) is 0 Å². The van der Waals surface area contributed by atoms with Crippen molar-refractivity contribution in [2.75, 3.05) is 11.4 Å². The molecule has 0 spiro atoms. The first-order valence-corrected chi connectivity index (χ1v) is 6.04. The molecule has 1 aromatic rings. The molecule has 0 bridgehead atoms. The lowest BCUT2D eigenvalue weighted by atomic mass is 9.88. The van der Waals surface area contributed by atoms with Crippen LogP contribution in [0.5, 0.6) is 0 Å². The smallest absolute Gasteiger partial charge is 0.329 e. The molecule has 2 heterocycles. The van der Waals surface area contributed by atoms with Crippen LogP contribution < -0.4 is 4.90 Å². The fraction of sp³-hybridized carbons (Fsp3) is 0.500. The number of piperidine rings is 1. The molecule has 1 unspecified atom stereocenters. The molecule has 0 aromatic carbocycles. The van der Waals surface area contributed by atoms with E-state index in [0.717, 1.165) is 12.8 Å². The van der Waals surface area contributed by atoms with Gasteiger partial charge in [-0.05, 0) is 32.3 Å². The molecule has 1 atom stereocenters. The summed E-state index contributed by atoms with van der Waals surface area (Å²) in [4.78, 5) is 17.3. The van der Waals surface area contributed by atoms with Crippen LogP contribution in [0.25, 0.3) is 0 Å². The van der Waals surface area contributed by atoms with Crippen molar-refractivity contribution in [2.24, 2.45) is 0 Å². The molecule has 1 N–H and O–H groups in total. The molecule has 0 saturated carbocycles. The summed E-state index contributed by atoms with van der Waals surface area (Å²) in [6.07, 6.45) is 5.78. The van der Waals surface area contributed by atoms with E-state index in [0.29, 0.717) is 23.7 Å². The lowest BCUT2D eigenvalue weighted by molar-refractivity contribution is -0.143. The van der Waals surface area contributed by atoms with E-state index < -0.39 is 11.5 Å². The van der Waals surface area contributed by atoms with E-state index in [2.05, 4.69) is 4.98 Å². The van der Waals surface area contributed by atoms with Crippen LogP contribution in [0.1, 0.15) is 26.2 Å². The normalized spacial score (nSPS) is 24.7. The van der Waals surface area contributed by atoms with Gasteiger partial charge < -0.3 is 10.0 Å². The number of pyridine rings is 1. The minimum atomic E-state index is -0.884. The number of nitrogens with zero attached hydrogens (tertiary/aromatic N) is 2. The number of carbonyl (C=O) groups is 1. The number of hydrogen-bond donors (Lipinski definition) is 1. The largest absolute Gasteiger partial charge is 0.480 e. The van der Waals surface area contributed by atoms with Gasteiger partial charge in [-0.1, -0.05) is 11.6 Å². The summed E-state index contributed by atoms with van der Waals surface area (Å²) in [5, 5.41) is 9.97. The topological polar surface area (TPSA) is 53.4 Å². The number of rotatable bonds is 2. The Labute approximate surface area is 105 Å². The fourth-order valence-electron chi connectivity index (χ4n) is 2.30. The lowest BCUT2D eigenvalue weighted by Gasteiger charge is -2.43. The molecule has 1 aromatic heterocycles. The molecule has 92 valence electrons. The maximum atomic E-state index is 11.5. The van der Waals surface area contributed by atoms with Crippen molar-refractivity contribution >= 4 is 23.3 Å². The summed E-state index contributed by atoms with van der Waals surface area (Å²) >= 11 is 6.11. The predicted octanol–water partition coefficient (Wildman–Crippen LogP) is 2.57. The lowest BCUT2D eigenvalue weighted by Crippen LogP contribution is -2.55. The Balaban J connectivity index is 2.42. The molecule has 0 amide bonds. The third-order valence-electron chi connectivity index (χ3n) is 3.39. The highest BCUT2D eigenvalue weighted by atomic mass is 35.5. The number of anilines is 1. The highest BCUT2D eigenvalue weighted by Crippen LogP contribution is 2.36. The van der Waals surface area contributed by atoms with Gasteiger partial charge in [0, 0.05) is 12.7 Å². The average molecular weight is 255 g/mol. The Morgan fingerprint density at radius 2 is 2.35 bits per heavy atom. The molecular formula is C12H15ClN2O2. The van der Waals surface area contributed by atoms with Gasteiger partial charge in [-0.2, -0.15) is 0 Å². The zero-order chi connectivity index (χ0) is 12.5. The number of aliphatic carboxylic acids is 1. The first-order chi connectivity index (χ1) is 8.05. The minimum Gasteiger partial charge on any atom is -0.480 e. The Hall–Kier alpha value is -1.29. The second-order valence-electron chi connectivity index (χ2n) is 4.51. The maximum Gasteiger partial charge on any atom is 0.329 e. The van der Waals surface area contributed by atoms with Crippen molar-refractivity contribution in [1.29, 1.82) is 0 Å². The molecule has 4 nitrogen and oxygen atoms in total. The van der Waals surface area contributed by atoms with Crippen LogP contribution in [-0.2, 0) is 4.79 Å². The quantitative estimate of drug-likeness (QED) is 0.881. The number of hydrogen-bond acceptors (Lipinski definition) is 3.